The molecule has 0 radical (unpaired) electrons. The van der Waals surface area contributed by atoms with E-state index in [2.05, 4.69) is 10.6 Å². The summed E-state index contributed by atoms with van der Waals surface area (Å²) in [6, 6.07) is 21.8. The molecule has 0 saturated carbocycles. The third-order valence-corrected chi connectivity index (χ3v) is 8.92. The van der Waals surface area contributed by atoms with E-state index in [1.165, 1.54) is 35.7 Å². The van der Waals surface area contributed by atoms with Crippen LogP contribution in [0.1, 0.15) is 32.3 Å². The number of ether oxygens (including phenoxy) is 1. The van der Waals surface area contributed by atoms with Crippen molar-refractivity contribution in [3.63, 3.8) is 0 Å². The third kappa shape index (κ3) is 9.54. The van der Waals surface area contributed by atoms with Gasteiger partial charge in [0.25, 0.3) is 0 Å². The van der Waals surface area contributed by atoms with Crippen LogP contribution in [0.5, 0.6) is 0 Å². The highest BCUT2D eigenvalue weighted by atomic mass is 32.2. The number of nitrogens with two attached hydrogens (primary N) is 1. The van der Waals surface area contributed by atoms with Gasteiger partial charge < -0.3 is 26.2 Å². The number of nitrogen functional groups attached to an aromatic ring is 1. The minimum Gasteiger partial charge on any atom is -0.453 e. The molecule has 0 aliphatic heterocycles. The van der Waals surface area contributed by atoms with Gasteiger partial charge in [-0.1, -0.05) is 68.4 Å². The number of sulfonamides is 1. The number of hydrogen-bond acceptors (Lipinski definition) is 7. The van der Waals surface area contributed by atoms with Crippen LogP contribution in [0, 0.1) is 5.92 Å². The predicted molar refractivity (Wildman–Crippen MR) is 168 cm³/mol. The summed E-state index contributed by atoms with van der Waals surface area (Å²) in [5.41, 5.74) is 9.01. The van der Waals surface area contributed by atoms with Crippen molar-refractivity contribution in [2.24, 2.45) is 5.92 Å². The molecule has 0 saturated heterocycles. The van der Waals surface area contributed by atoms with E-state index in [1.54, 1.807) is 0 Å². The second kappa shape index (κ2) is 16.1. The first-order chi connectivity index (χ1) is 20.6. The van der Waals surface area contributed by atoms with Gasteiger partial charge in [-0.05, 0) is 59.7 Å². The summed E-state index contributed by atoms with van der Waals surface area (Å²) in [6.07, 6.45) is 0.209. The van der Waals surface area contributed by atoms with Crippen LogP contribution < -0.4 is 16.4 Å². The van der Waals surface area contributed by atoms with Crippen LogP contribution in [0.25, 0.3) is 11.1 Å². The lowest BCUT2D eigenvalue weighted by Gasteiger charge is -2.31. The molecule has 2 atom stereocenters. The van der Waals surface area contributed by atoms with Crippen molar-refractivity contribution in [3.05, 3.63) is 84.4 Å². The minimum atomic E-state index is -3.90. The topological polar surface area (TPSA) is 151 Å². The maximum Gasteiger partial charge on any atom is 0.407 e. The van der Waals surface area contributed by atoms with E-state index in [4.69, 9.17) is 10.5 Å². The Hall–Kier alpha value is -3.93. The molecular weight excluding hydrogens is 568 g/mol. The van der Waals surface area contributed by atoms with Crippen molar-refractivity contribution in [3.8, 4) is 11.1 Å². The van der Waals surface area contributed by atoms with Crippen molar-refractivity contribution >= 4 is 27.7 Å². The highest BCUT2D eigenvalue weighted by Gasteiger charge is 2.31. The largest absolute Gasteiger partial charge is 0.453 e. The van der Waals surface area contributed by atoms with E-state index >= 15 is 0 Å². The van der Waals surface area contributed by atoms with Gasteiger partial charge in [-0.15, -0.1) is 0 Å². The summed E-state index contributed by atoms with van der Waals surface area (Å²) in [5.74, 6) is -0.386. The van der Waals surface area contributed by atoms with Gasteiger partial charge in [-0.2, -0.15) is 4.31 Å². The number of nitrogens with one attached hydrogen (secondary N) is 2. The fourth-order valence-electron chi connectivity index (χ4n) is 4.81. The lowest BCUT2D eigenvalue weighted by atomic mass is 9.95. The standard InChI is InChI=1S/C32H42N4O6S/c1-23(2)21-36(43(40,41)28-17-15-26(33)16-18-28)27(22-37)13-9-19-34-31(38)30(35-32(39)42-3)20-25-12-7-8-14-29(25)24-10-5-4-6-11-24/h4-8,10-12,14-18,23,27,30,37H,9,13,19-22,33H2,1-3H3,(H,34,38)(H,35,39)/t27-,30?/m0/s1. The molecular formula is C32H42N4O6S. The summed E-state index contributed by atoms with van der Waals surface area (Å²) in [5, 5.41) is 15.7. The van der Waals surface area contributed by atoms with E-state index in [-0.39, 0.29) is 36.9 Å². The van der Waals surface area contributed by atoms with Gasteiger partial charge in [-0.25, -0.2) is 13.2 Å². The van der Waals surface area contributed by atoms with Crippen molar-refractivity contribution in [1.82, 2.24) is 14.9 Å². The molecule has 3 aromatic rings. The van der Waals surface area contributed by atoms with Gasteiger partial charge in [0.15, 0.2) is 0 Å². The summed E-state index contributed by atoms with van der Waals surface area (Å²) < 4.78 is 33.1. The number of carbonyl (C=O) groups is 2. The zero-order valence-corrected chi connectivity index (χ0v) is 25.7. The molecule has 11 heteroatoms. The first kappa shape index (κ1) is 33.6. The molecule has 10 nitrogen and oxygen atoms in total. The van der Waals surface area contributed by atoms with Crippen molar-refractivity contribution in [2.75, 3.05) is 32.5 Å². The highest BCUT2D eigenvalue weighted by Crippen LogP contribution is 2.25. The summed E-state index contributed by atoms with van der Waals surface area (Å²) in [6.45, 7) is 3.87. The molecule has 0 fully saturated rings. The minimum absolute atomic E-state index is 0.0150. The van der Waals surface area contributed by atoms with Gasteiger partial charge in [0, 0.05) is 31.2 Å². The van der Waals surface area contributed by atoms with Crippen LogP contribution in [0.4, 0.5) is 10.5 Å². The molecule has 5 N–H and O–H groups in total. The van der Waals surface area contributed by atoms with Gasteiger partial charge in [0.2, 0.25) is 15.9 Å². The number of hydrogen-bond donors (Lipinski definition) is 4. The Bertz CT molecular complexity index is 1430. The number of nitrogens with zero attached hydrogens (tertiary/aromatic N) is 1. The van der Waals surface area contributed by atoms with Gasteiger partial charge in [0.1, 0.15) is 6.04 Å². The quantitative estimate of drug-likeness (QED) is 0.151. The fourth-order valence-corrected chi connectivity index (χ4v) is 6.62. The maximum absolute atomic E-state index is 13.5. The van der Waals surface area contributed by atoms with Crippen LogP contribution in [0.2, 0.25) is 0 Å². The zero-order valence-electron chi connectivity index (χ0n) is 24.9. The molecule has 0 aromatic heterocycles. The first-order valence-electron chi connectivity index (χ1n) is 14.3. The average Bonchev–Trinajstić information content (AvgIpc) is 3.00. The van der Waals surface area contributed by atoms with E-state index < -0.39 is 34.1 Å². The summed E-state index contributed by atoms with van der Waals surface area (Å²) in [7, 11) is -2.67. The first-order valence-corrected chi connectivity index (χ1v) is 15.7. The fraction of sp³-hybridized carbons (Fsp3) is 0.375. The highest BCUT2D eigenvalue weighted by molar-refractivity contribution is 7.89. The van der Waals surface area contributed by atoms with Gasteiger partial charge in [-0.3, -0.25) is 4.79 Å². The van der Waals surface area contributed by atoms with Crippen molar-refractivity contribution < 1.29 is 27.9 Å². The number of methoxy groups -OCH3 is 1. The van der Waals surface area contributed by atoms with Gasteiger partial charge in [0.05, 0.1) is 18.6 Å². The normalized spacial score (nSPS) is 13.0. The second-order valence-electron chi connectivity index (χ2n) is 10.7. The van der Waals surface area contributed by atoms with Crippen molar-refractivity contribution in [2.45, 2.75) is 50.1 Å². The number of alkyl carbamates (subject to hydrolysis) is 1. The Morgan fingerprint density at radius 3 is 2.26 bits per heavy atom. The van der Waals surface area contributed by atoms with Crippen LogP contribution in [-0.4, -0.2) is 68.7 Å². The molecule has 2 amide bonds. The van der Waals surface area contributed by atoms with E-state index in [0.717, 1.165) is 16.7 Å². The Balaban J connectivity index is 1.69. The third-order valence-electron chi connectivity index (χ3n) is 6.98. The van der Waals surface area contributed by atoms with Crippen LogP contribution in [0.15, 0.2) is 83.8 Å². The lowest BCUT2D eigenvalue weighted by Crippen LogP contribution is -2.48. The number of rotatable bonds is 15. The lowest BCUT2D eigenvalue weighted by molar-refractivity contribution is -0.123. The van der Waals surface area contributed by atoms with Crippen LogP contribution in [-0.2, 0) is 26.0 Å². The second-order valence-corrected chi connectivity index (χ2v) is 12.6. The maximum atomic E-state index is 13.5. The smallest absolute Gasteiger partial charge is 0.407 e. The number of benzene rings is 3. The number of anilines is 1. The predicted octanol–water partition coefficient (Wildman–Crippen LogP) is 3.81. The molecule has 43 heavy (non-hydrogen) atoms. The SMILES string of the molecule is COC(=O)NC(Cc1ccccc1-c1ccccc1)C(=O)NCCC[C@@H](CO)N(CC(C)C)S(=O)(=O)c1ccc(N)cc1. The number of carbonyl (C=O) groups excluding carboxylic acids is 2. The Kier molecular flexibility index (Phi) is 12.5. The molecule has 0 aliphatic rings. The number of amides is 2. The molecule has 0 heterocycles. The Labute approximate surface area is 254 Å². The Morgan fingerprint density at radius 1 is 0.977 bits per heavy atom. The number of aliphatic hydroxyl groups excluding tert-OH is 1. The molecule has 1 unspecified atom stereocenters. The van der Waals surface area contributed by atoms with E-state index in [9.17, 15) is 23.1 Å². The zero-order chi connectivity index (χ0) is 31.4. The number of aliphatic hydroxyl groups is 1. The summed E-state index contributed by atoms with van der Waals surface area (Å²) in [4.78, 5) is 25.5. The molecule has 232 valence electrons. The van der Waals surface area contributed by atoms with Gasteiger partial charge >= 0.3 is 6.09 Å². The van der Waals surface area contributed by atoms with Crippen LogP contribution in [0.3, 0.4) is 0 Å². The summed E-state index contributed by atoms with van der Waals surface area (Å²) >= 11 is 0. The molecule has 3 rings (SSSR count). The molecule has 0 aliphatic carbocycles. The molecule has 0 spiro atoms. The Morgan fingerprint density at radius 2 is 1.63 bits per heavy atom. The molecule has 3 aromatic carbocycles. The average molecular weight is 611 g/mol. The van der Waals surface area contributed by atoms with E-state index in [0.29, 0.717) is 18.5 Å². The van der Waals surface area contributed by atoms with Crippen LogP contribution >= 0.6 is 0 Å². The van der Waals surface area contributed by atoms with Crippen molar-refractivity contribution in [1.29, 1.82) is 0 Å². The monoisotopic (exact) mass is 610 g/mol. The molecule has 0 bridgehead atoms. The van der Waals surface area contributed by atoms with E-state index in [1.807, 2.05) is 68.4 Å².